The number of aromatic carboxylic acids is 1. The summed E-state index contributed by atoms with van der Waals surface area (Å²) in [7, 11) is 2.97. The number of aromatic nitrogens is 3. The Bertz CT molecular complexity index is 744. The second kappa shape index (κ2) is 5.07. The van der Waals surface area contributed by atoms with Crippen LogP contribution in [0, 0.1) is 10.1 Å². The predicted octanol–water partition coefficient (Wildman–Crippen LogP) is 0.617. The molecular formula is C11H11N5O5. The highest BCUT2D eigenvalue weighted by atomic mass is 16.6. The van der Waals surface area contributed by atoms with Crippen molar-refractivity contribution in [1.29, 1.82) is 0 Å². The maximum absolute atomic E-state index is 12.0. The molecule has 0 radical (unpaired) electrons. The van der Waals surface area contributed by atoms with Crippen LogP contribution in [-0.2, 0) is 14.1 Å². The number of hydrogen-bond acceptors (Lipinski definition) is 5. The van der Waals surface area contributed by atoms with Crippen molar-refractivity contribution >= 4 is 23.4 Å². The lowest BCUT2D eigenvalue weighted by Gasteiger charge is -1.98. The molecule has 0 fully saturated rings. The zero-order valence-electron chi connectivity index (χ0n) is 11.1. The van der Waals surface area contributed by atoms with Gasteiger partial charge in [-0.1, -0.05) is 0 Å². The number of nitrogens with zero attached hydrogens (tertiary/aromatic N) is 4. The minimum absolute atomic E-state index is 0.00359. The Morgan fingerprint density at radius 1 is 1.33 bits per heavy atom. The average molecular weight is 293 g/mol. The zero-order valence-corrected chi connectivity index (χ0v) is 11.1. The molecule has 0 saturated carbocycles. The maximum Gasteiger partial charge on any atom is 0.382 e. The van der Waals surface area contributed by atoms with E-state index in [4.69, 9.17) is 5.11 Å². The summed E-state index contributed by atoms with van der Waals surface area (Å²) < 4.78 is 2.55. The maximum atomic E-state index is 12.0. The summed E-state index contributed by atoms with van der Waals surface area (Å²) in [6.45, 7) is 0. The van der Waals surface area contributed by atoms with E-state index in [9.17, 15) is 19.7 Å². The molecule has 0 aromatic carbocycles. The molecule has 0 unspecified atom stereocenters. The highest BCUT2D eigenvalue weighted by Crippen LogP contribution is 2.15. The first kappa shape index (κ1) is 14.2. The van der Waals surface area contributed by atoms with E-state index >= 15 is 0 Å². The Hall–Kier alpha value is -3.17. The second-order valence-electron chi connectivity index (χ2n) is 4.27. The van der Waals surface area contributed by atoms with Gasteiger partial charge in [-0.15, -0.1) is 0 Å². The Kier molecular flexibility index (Phi) is 3.44. The number of imidazole rings is 1. The number of hydrogen-bond donors (Lipinski definition) is 2. The van der Waals surface area contributed by atoms with Crippen LogP contribution < -0.4 is 5.32 Å². The van der Waals surface area contributed by atoms with Gasteiger partial charge in [-0.25, -0.2) is 4.79 Å². The molecule has 0 aliphatic carbocycles. The van der Waals surface area contributed by atoms with Crippen LogP contribution >= 0.6 is 0 Å². The zero-order chi connectivity index (χ0) is 15.7. The number of anilines is 1. The van der Waals surface area contributed by atoms with E-state index in [1.807, 2.05) is 0 Å². The molecule has 0 saturated heterocycles. The van der Waals surface area contributed by atoms with Crippen molar-refractivity contribution in [1.82, 2.24) is 14.1 Å². The molecule has 110 valence electrons. The first-order chi connectivity index (χ1) is 9.79. The first-order valence-electron chi connectivity index (χ1n) is 5.68. The summed E-state index contributed by atoms with van der Waals surface area (Å²) in [5.74, 6) is -2.40. The van der Waals surface area contributed by atoms with Gasteiger partial charge >= 0.3 is 23.5 Å². The van der Waals surface area contributed by atoms with Crippen LogP contribution in [-0.4, -0.2) is 36.0 Å². The monoisotopic (exact) mass is 293 g/mol. The number of nitrogens with one attached hydrogen (secondary N) is 1. The smallest absolute Gasteiger partial charge is 0.382 e. The highest BCUT2D eigenvalue weighted by Gasteiger charge is 2.24. The third kappa shape index (κ3) is 2.73. The number of nitro groups is 1. The van der Waals surface area contributed by atoms with Crippen molar-refractivity contribution in [3.05, 3.63) is 40.1 Å². The van der Waals surface area contributed by atoms with Gasteiger partial charge in [0.05, 0.1) is 5.69 Å². The first-order valence-corrected chi connectivity index (χ1v) is 5.68. The minimum atomic E-state index is -1.13. The Morgan fingerprint density at radius 3 is 2.48 bits per heavy atom. The van der Waals surface area contributed by atoms with Gasteiger partial charge in [-0.05, 0) is 16.0 Å². The lowest BCUT2D eigenvalue weighted by Crippen LogP contribution is -2.16. The van der Waals surface area contributed by atoms with E-state index in [2.05, 4.69) is 10.3 Å². The van der Waals surface area contributed by atoms with Crippen molar-refractivity contribution in [2.75, 3.05) is 5.32 Å². The van der Waals surface area contributed by atoms with Crippen LogP contribution in [0.4, 0.5) is 11.5 Å². The lowest BCUT2D eigenvalue weighted by atomic mass is 10.4. The van der Waals surface area contributed by atoms with Crippen molar-refractivity contribution < 1.29 is 19.6 Å². The van der Waals surface area contributed by atoms with Gasteiger partial charge in [0.1, 0.15) is 11.9 Å². The van der Waals surface area contributed by atoms with Crippen molar-refractivity contribution in [2.45, 2.75) is 0 Å². The molecule has 0 bridgehead atoms. The van der Waals surface area contributed by atoms with Crippen molar-refractivity contribution in [2.24, 2.45) is 14.1 Å². The van der Waals surface area contributed by atoms with Crippen molar-refractivity contribution in [3.8, 4) is 0 Å². The Labute approximate surface area is 117 Å². The van der Waals surface area contributed by atoms with E-state index in [0.717, 1.165) is 6.20 Å². The summed E-state index contributed by atoms with van der Waals surface area (Å²) in [5.41, 5.74) is 0.252. The lowest BCUT2D eigenvalue weighted by molar-refractivity contribution is -0.389. The molecule has 10 heteroatoms. The SMILES string of the molecule is Cn1cc(NC(=O)c2nc([N+](=O)[O-])cn2C)cc1C(=O)O. The van der Waals surface area contributed by atoms with Gasteiger partial charge in [0, 0.05) is 20.3 Å². The highest BCUT2D eigenvalue weighted by molar-refractivity contribution is 6.02. The molecule has 1 amide bonds. The van der Waals surface area contributed by atoms with Gasteiger partial charge in [0.2, 0.25) is 0 Å². The molecule has 0 spiro atoms. The predicted molar refractivity (Wildman–Crippen MR) is 70.2 cm³/mol. The van der Waals surface area contributed by atoms with Gasteiger partial charge in [-0.2, -0.15) is 0 Å². The van der Waals surface area contributed by atoms with E-state index in [-0.39, 0.29) is 17.2 Å². The molecule has 0 aliphatic heterocycles. The van der Waals surface area contributed by atoms with Crippen LogP contribution in [0.5, 0.6) is 0 Å². The Balaban J connectivity index is 2.24. The second-order valence-corrected chi connectivity index (χ2v) is 4.27. The largest absolute Gasteiger partial charge is 0.477 e. The topological polar surface area (TPSA) is 132 Å². The van der Waals surface area contributed by atoms with Gasteiger partial charge < -0.3 is 29.7 Å². The van der Waals surface area contributed by atoms with Gasteiger partial charge in [-0.3, -0.25) is 4.79 Å². The Morgan fingerprint density at radius 2 is 2.00 bits per heavy atom. The third-order valence-corrected chi connectivity index (χ3v) is 2.74. The van der Waals surface area contributed by atoms with Crippen LogP contribution in [0.3, 0.4) is 0 Å². The fourth-order valence-corrected chi connectivity index (χ4v) is 1.78. The summed E-state index contributed by atoms with van der Waals surface area (Å²) in [5, 5.41) is 22.0. The third-order valence-electron chi connectivity index (χ3n) is 2.74. The molecule has 2 rings (SSSR count). The molecular weight excluding hydrogens is 282 g/mol. The molecule has 2 heterocycles. The quantitative estimate of drug-likeness (QED) is 0.627. The number of rotatable bonds is 4. The van der Waals surface area contributed by atoms with Gasteiger partial charge in [0.15, 0.2) is 0 Å². The molecule has 2 aromatic heterocycles. The number of amides is 1. The van der Waals surface area contributed by atoms with E-state index in [1.165, 1.54) is 35.5 Å². The van der Waals surface area contributed by atoms with Gasteiger partial charge in [0.25, 0.3) is 0 Å². The van der Waals surface area contributed by atoms with Crippen LogP contribution in [0.25, 0.3) is 0 Å². The molecule has 2 N–H and O–H groups in total. The van der Waals surface area contributed by atoms with Crippen LogP contribution in [0.1, 0.15) is 21.1 Å². The molecule has 2 aromatic rings. The van der Waals surface area contributed by atoms with Crippen molar-refractivity contribution in [3.63, 3.8) is 0 Å². The van der Waals surface area contributed by atoms with Crippen LogP contribution in [0.15, 0.2) is 18.5 Å². The van der Waals surface area contributed by atoms with E-state index in [0.29, 0.717) is 0 Å². The number of carbonyl (C=O) groups excluding carboxylic acids is 1. The fraction of sp³-hybridized carbons (Fsp3) is 0.182. The fourth-order valence-electron chi connectivity index (χ4n) is 1.78. The summed E-state index contributed by atoms with van der Waals surface area (Å²) in [6.07, 6.45) is 2.53. The molecule has 10 nitrogen and oxygen atoms in total. The summed E-state index contributed by atoms with van der Waals surface area (Å²) >= 11 is 0. The minimum Gasteiger partial charge on any atom is -0.477 e. The number of carboxylic acid groups (broad SMARTS) is 1. The molecule has 0 aliphatic rings. The van der Waals surface area contributed by atoms with E-state index < -0.39 is 22.6 Å². The normalized spacial score (nSPS) is 10.4. The number of carbonyl (C=O) groups is 2. The number of carboxylic acids is 1. The standard InChI is InChI=1S/C11H11N5O5/c1-14-4-6(3-7(14)11(18)19)12-10(17)9-13-8(16(20)21)5-15(9)2/h3-5H,1-2H3,(H,12,17)(H,18,19). The summed E-state index contributed by atoms with van der Waals surface area (Å²) in [6, 6.07) is 1.28. The average Bonchev–Trinajstić information content (AvgIpc) is 2.92. The van der Waals surface area contributed by atoms with E-state index in [1.54, 1.807) is 0 Å². The summed E-state index contributed by atoms with van der Waals surface area (Å²) in [4.78, 5) is 36.4. The van der Waals surface area contributed by atoms with Crippen LogP contribution in [0.2, 0.25) is 0 Å². The molecule has 0 atom stereocenters. The number of aryl methyl sites for hydroxylation is 2. The molecule has 21 heavy (non-hydrogen) atoms.